The minimum atomic E-state index is -0.0233. The maximum Gasteiger partial charge on any atom is 0.227 e. The van der Waals surface area contributed by atoms with E-state index >= 15 is 0 Å². The standard InChI is InChI=1S/C20H24N4O2S/c1-14-6-8-15(9-7-14)16(24(2)3)13-21-18(25)10-11-19-22-20(23-26-19)17-5-4-12-27-17/h4-9,12,16H,10-11,13H2,1-3H3,(H,21,25). The number of hydrogen-bond donors (Lipinski definition) is 1. The monoisotopic (exact) mass is 384 g/mol. The molecule has 27 heavy (non-hydrogen) atoms. The minimum absolute atomic E-state index is 0.0233. The van der Waals surface area contributed by atoms with Gasteiger partial charge in [0.1, 0.15) is 0 Å². The van der Waals surface area contributed by atoms with Gasteiger partial charge in [0.25, 0.3) is 0 Å². The Morgan fingerprint density at radius 1 is 1.26 bits per heavy atom. The highest BCUT2D eigenvalue weighted by molar-refractivity contribution is 7.13. The van der Waals surface area contributed by atoms with Gasteiger partial charge in [-0.2, -0.15) is 4.98 Å². The van der Waals surface area contributed by atoms with Gasteiger partial charge in [-0.05, 0) is 38.0 Å². The topological polar surface area (TPSA) is 71.3 Å². The van der Waals surface area contributed by atoms with Crippen LogP contribution in [0.5, 0.6) is 0 Å². The number of aryl methyl sites for hydroxylation is 2. The first-order chi connectivity index (χ1) is 13.0. The molecule has 0 radical (unpaired) electrons. The van der Waals surface area contributed by atoms with Crippen molar-refractivity contribution >= 4 is 17.2 Å². The Kier molecular flexibility index (Phi) is 6.36. The second-order valence-corrected chi connectivity index (χ2v) is 7.63. The lowest BCUT2D eigenvalue weighted by molar-refractivity contribution is -0.121. The first-order valence-electron chi connectivity index (χ1n) is 8.89. The van der Waals surface area contributed by atoms with Crippen LogP contribution in [0, 0.1) is 6.92 Å². The lowest BCUT2D eigenvalue weighted by Crippen LogP contribution is -2.34. The Labute approximate surface area is 163 Å². The number of hydrogen-bond acceptors (Lipinski definition) is 6. The molecule has 3 aromatic rings. The van der Waals surface area contributed by atoms with Gasteiger partial charge in [-0.25, -0.2) is 0 Å². The number of rotatable bonds is 8. The molecule has 0 bridgehead atoms. The highest BCUT2D eigenvalue weighted by atomic mass is 32.1. The lowest BCUT2D eigenvalue weighted by atomic mass is 10.0. The fraction of sp³-hybridized carbons (Fsp3) is 0.350. The first-order valence-corrected chi connectivity index (χ1v) is 9.77. The van der Waals surface area contributed by atoms with Crippen molar-refractivity contribution in [2.75, 3.05) is 20.6 Å². The number of thiophene rings is 1. The van der Waals surface area contributed by atoms with E-state index in [0.29, 0.717) is 31.1 Å². The molecular formula is C20H24N4O2S. The Morgan fingerprint density at radius 2 is 2.04 bits per heavy atom. The number of nitrogens with zero attached hydrogens (tertiary/aromatic N) is 3. The zero-order chi connectivity index (χ0) is 19.2. The molecule has 0 saturated heterocycles. The highest BCUT2D eigenvalue weighted by Gasteiger charge is 2.16. The molecule has 1 N–H and O–H groups in total. The Balaban J connectivity index is 1.50. The Morgan fingerprint density at radius 3 is 2.70 bits per heavy atom. The van der Waals surface area contributed by atoms with Crippen LogP contribution in [0.15, 0.2) is 46.3 Å². The van der Waals surface area contributed by atoms with Gasteiger partial charge in [-0.1, -0.05) is 41.1 Å². The molecule has 0 aliphatic rings. The van der Waals surface area contributed by atoms with E-state index in [-0.39, 0.29) is 11.9 Å². The zero-order valence-electron chi connectivity index (χ0n) is 15.8. The largest absolute Gasteiger partial charge is 0.354 e. The summed E-state index contributed by atoms with van der Waals surface area (Å²) in [6, 6.07) is 12.4. The van der Waals surface area contributed by atoms with E-state index in [4.69, 9.17) is 4.52 Å². The van der Waals surface area contributed by atoms with E-state index in [0.717, 1.165) is 4.88 Å². The molecule has 0 aliphatic heterocycles. The van der Waals surface area contributed by atoms with E-state index in [9.17, 15) is 4.79 Å². The number of nitrogens with one attached hydrogen (secondary N) is 1. The molecule has 142 valence electrons. The maximum absolute atomic E-state index is 12.2. The van der Waals surface area contributed by atoms with Gasteiger partial charge in [0.05, 0.1) is 10.9 Å². The molecule has 1 amide bonds. The molecule has 3 rings (SSSR count). The number of amides is 1. The molecule has 6 nitrogen and oxygen atoms in total. The van der Waals surface area contributed by atoms with Crippen LogP contribution in [0.25, 0.3) is 10.7 Å². The van der Waals surface area contributed by atoms with E-state index in [1.165, 1.54) is 11.1 Å². The van der Waals surface area contributed by atoms with Gasteiger partial charge in [0.15, 0.2) is 0 Å². The summed E-state index contributed by atoms with van der Waals surface area (Å²) in [6.45, 7) is 2.62. The normalized spacial score (nSPS) is 12.3. The van der Waals surface area contributed by atoms with Crippen molar-refractivity contribution in [3.05, 3.63) is 58.8 Å². The van der Waals surface area contributed by atoms with Crippen molar-refractivity contribution in [2.24, 2.45) is 0 Å². The second-order valence-electron chi connectivity index (χ2n) is 6.68. The summed E-state index contributed by atoms with van der Waals surface area (Å²) in [4.78, 5) is 19.7. The molecule has 2 heterocycles. The van der Waals surface area contributed by atoms with Gasteiger partial charge >= 0.3 is 0 Å². The van der Waals surface area contributed by atoms with E-state index in [1.807, 2.05) is 31.6 Å². The SMILES string of the molecule is Cc1ccc(C(CNC(=O)CCc2nc(-c3cccs3)no2)N(C)C)cc1. The summed E-state index contributed by atoms with van der Waals surface area (Å²) in [7, 11) is 4.03. The van der Waals surface area contributed by atoms with E-state index < -0.39 is 0 Å². The van der Waals surface area contributed by atoms with Crippen LogP contribution in [0.3, 0.4) is 0 Å². The minimum Gasteiger partial charge on any atom is -0.354 e. The van der Waals surface area contributed by atoms with Gasteiger partial charge in [0, 0.05) is 19.4 Å². The molecule has 1 atom stereocenters. The van der Waals surface area contributed by atoms with Gasteiger partial charge in [-0.15, -0.1) is 11.3 Å². The smallest absolute Gasteiger partial charge is 0.227 e. The van der Waals surface area contributed by atoms with Gasteiger partial charge < -0.3 is 14.7 Å². The van der Waals surface area contributed by atoms with Crippen molar-refractivity contribution in [2.45, 2.75) is 25.8 Å². The average molecular weight is 385 g/mol. The molecular weight excluding hydrogens is 360 g/mol. The third kappa shape index (κ3) is 5.24. The van der Waals surface area contributed by atoms with Crippen molar-refractivity contribution < 1.29 is 9.32 Å². The third-order valence-corrected chi connectivity index (χ3v) is 5.22. The lowest BCUT2D eigenvalue weighted by Gasteiger charge is -2.25. The number of likely N-dealkylation sites (N-methyl/N-ethyl adjacent to an activating group) is 1. The summed E-state index contributed by atoms with van der Waals surface area (Å²) >= 11 is 1.56. The fourth-order valence-electron chi connectivity index (χ4n) is 2.77. The van der Waals surface area contributed by atoms with E-state index in [1.54, 1.807) is 11.3 Å². The summed E-state index contributed by atoms with van der Waals surface area (Å²) < 4.78 is 5.24. The predicted molar refractivity (Wildman–Crippen MR) is 107 cm³/mol. The molecule has 0 fully saturated rings. The van der Waals surface area contributed by atoms with Gasteiger partial charge in [0.2, 0.25) is 17.6 Å². The molecule has 2 aromatic heterocycles. The number of benzene rings is 1. The fourth-order valence-corrected chi connectivity index (χ4v) is 3.42. The van der Waals surface area contributed by atoms with Crippen LogP contribution >= 0.6 is 11.3 Å². The highest BCUT2D eigenvalue weighted by Crippen LogP contribution is 2.21. The van der Waals surface area contributed by atoms with Crippen LogP contribution in [-0.2, 0) is 11.2 Å². The first kappa shape index (κ1) is 19.3. The maximum atomic E-state index is 12.2. The van der Waals surface area contributed by atoms with Crippen LogP contribution < -0.4 is 5.32 Å². The number of aromatic nitrogens is 2. The second kappa shape index (κ2) is 8.92. The van der Waals surface area contributed by atoms with Crippen LogP contribution in [0.2, 0.25) is 0 Å². The molecule has 0 spiro atoms. The molecule has 0 saturated carbocycles. The number of carbonyl (C=O) groups is 1. The predicted octanol–water partition coefficient (Wildman–Crippen LogP) is 3.46. The summed E-state index contributed by atoms with van der Waals surface area (Å²) in [5.74, 6) is 1.04. The van der Waals surface area contributed by atoms with Crippen molar-refractivity contribution in [3.63, 3.8) is 0 Å². The molecule has 1 unspecified atom stereocenters. The molecule has 1 aromatic carbocycles. The Bertz CT molecular complexity index is 857. The Hall–Kier alpha value is -2.51. The summed E-state index contributed by atoms with van der Waals surface area (Å²) in [5, 5.41) is 8.95. The molecule has 7 heteroatoms. The molecule has 0 aliphatic carbocycles. The van der Waals surface area contributed by atoms with Crippen LogP contribution in [0.1, 0.15) is 29.5 Å². The zero-order valence-corrected chi connectivity index (χ0v) is 16.6. The quantitative estimate of drug-likeness (QED) is 0.644. The van der Waals surface area contributed by atoms with Crippen LogP contribution in [0.4, 0.5) is 0 Å². The van der Waals surface area contributed by atoms with Gasteiger partial charge in [-0.3, -0.25) is 4.79 Å². The van der Waals surface area contributed by atoms with Crippen molar-refractivity contribution in [1.82, 2.24) is 20.4 Å². The third-order valence-electron chi connectivity index (χ3n) is 4.35. The average Bonchev–Trinajstić information content (AvgIpc) is 3.33. The summed E-state index contributed by atoms with van der Waals surface area (Å²) in [5.41, 5.74) is 2.41. The van der Waals surface area contributed by atoms with Crippen molar-refractivity contribution in [3.8, 4) is 10.7 Å². The number of carbonyl (C=O) groups excluding carboxylic acids is 1. The van der Waals surface area contributed by atoms with Crippen molar-refractivity contribution in [1.29, 1.82) is 0 Å². The van der Waals surface area contributed by atoms with Crippen LogP contribution in [-0.4, -0.2) is 41.6 Å². The summed E-state index contributed by atoms with van der Waals surface area (Å²) in [6.07, 6.45) is 0.751. The van der Waals surface area contributed by atoms with E-state index in [2.05, 4.69) is 51.5 Å².